The summed E-state index contributed by atoms with van der Waals surface area (Å²) in [4.78, 5) is 36.0. The van der Waals surface area contributed by atoms with Crippen LogP contribution in [-0.2, 0) is 19.1 Å². The van der Waals surface area contributed by atoms with Crippen molar-refractivity contribution in [3.63, 3.8) is 0 Å². The average molecular weight is 560 g/mol. The first-order chi connectivity index (χ1) is 16.8. The van der Waals surface area contributed by atoms with Gasteiger partial charge in [-0.25, -0.2) is 0 Å². The number of anilines is 2. The molecule has 0 heterocycles. The number of carbonyl (C=O) groups excluding carboxylic acids is 3. The van der Waals surface area contributed by atoms with E-state index in [9.17, 15) is 14.4 Å². The van der Waals surface area contributed by atoms with E-state index in [0.717, 1.165) is 10.0 Å². The highest BCUT2D eigenvalue weighted by Crippen LogP contribution is 2.24. The Kier molecular flexibility index (Phi) is 9.69. The quantitative estimate of drug-likeness (QED) is 0.277. The topological polar surface area (TPSA) is 93.7 Å². The number of amides is 2. The summed E-state index contributed by atoms with van der Waals surface area (Å²) >= 11 is 9.26. The minimum atomic E-state index is -0.538. The van der Waals surface area contributed by atoms with Crippen LogP contribution in [0.3, 0.4) is 0 Å². The molecule has 0 unspecified atom stereocenters. The number of hydrogen-bond acceptors (Lipinski definition) is 5. The molecule has 0 bridgehead atoms. The Hall–Kier alpha value is -3.36. The van der Waals surface area contributed by atoms with Gasteiger partial charge in [-0.3, -0.25) is 14.4 Å². The molecule has 3 aromatic rings. The number of rotatable bonds is 10. The van der Waals surface area contributed by atoms with Gasteiger partial charge in [-0.15, -0.1) is 0 Å². The lowest BCUT2D eigenvalue weighted by Crippen LogP contribution is -2.21. The Morgan fingerprint density at radius 3 is 2.09 bits per heavy atom. The summed E-state index contributed by atoms with van der Waals surface area (Å²) < 4.78 is 11.6. The van der Waals surface area contributed by atoms with Crippen LogP contribution in [0.25, 0.3) is 0 Å². The smallest absolute Gasteiger partial charge is 0.306 e. The van der Waals surface area contributed by atoms with E-state index >= 15 is 0 Å². The van der Waals surface area contributed by atoms with Gasteiger partial charge in [0, 0.05) is 33.7 Å². The van der Waals surface area contributed by atoms with Gasteiger partial charge in [0.15, 0.2) is 6.61 Å². The van der Waals surface area contributed by atoms with Crippen LogP contribution >= 0.6 is 27.5 Å². The number of aryl methyl sites for hydroxylation is 1. The molecule has 0 atom stereocenters. The molecule has 7 nitrogen and oxygen atoms in total. The molecule has 0 aliphatic rings. The van der Waals surface area contributed by atoms with E-state index in [0.29, 0.717) is 34.3 Å². The second kappa shape index (κ2) is 12.9. The fourth-order valence-corrected chi connectivity index (χ4v) is 3.37. The summed E-state index contributed by atoms with van der Waals surface area (Å²) in [7, 11) is 0. The third-order valence-corrected chi connectivity index (χ3v) is 5.92. The zero-order valence-electron chi connectivity index (χ0n) is 19.0. The molecule has 0 saturated heterocycles. The van der Waals surface area contributed by atoms with Gasteiger partial charge in [0.2, 0.25) is 5.91 Å². The third-order valence-electron chi connectivity index (χ3n) is 4.78. The van der Waals surface area contributed by atoms with E-state index in [4.69, 9.17) is 21.1 Å². The van der Waals surface area contributed by atoms with Crippen LogP contribution in [0.4, 0.5) is 11.4 Å². The van der Waals surface area contributed by atoms with Crippen molar-refractivity contribution in [2.75, 3.05) is 17.2 Å². The highest BCUT2D eigenvalue weighted by molar-refractivity contribution is 9.10. The summed E-state index contributed by atoms with van der Waals surface area (Å²) in [6, 6.07) is 19.3. The summed E-state index contributed by atoms with van der Waals surface area (Å²) in [5.41, 5.74) is 2.20. The van der Waals surface area contributed by atoms with Gasteiger partial charge < -0.3 is 20.1 Å². The molecular formula is C26H24BrClN2O5. The Balaban J connectivity index is 1.32. The summed E-state index contributed by atoms with van der Waals surface area (Å²) in [5.74, 6) is 0.0730. The molecule has 9 heteroatoms. The van der Waals surface area contributed by atoms with Gasteiger partial charge in [0.1, 0.15) is 11.5 Å². The van der Waals surface area contributed by atoms with Crippen molar-refractivity contribution >= 4 is 56.7 Å². The van der Waals surface area contributed by atoms with Gasteiger partial charge >= 0.3 is 5.97 Å². The monoisotopic (exact) mass is 558 g/mol. The van der Waals surface area contributed by atoms with Gasteiger partial charge in [-0.2, -0.15) is 0 Å². The van der Waals surface area contributed by atoms with E-state index < -0.39 is 11.9 Å². The molecular weight excluding hydrogens is 536 g/mol. The van der Waals surface area contributed by atoms with Crippen LogP contribution in [0, 0.1) is 6.92 Å². The highest BCUT2D eigenvalue weighted by Gasteiger charge is 2.10. The maximum atomic E-state index is 12.1. The predicted molar refractivity (Wildman–Crippen MR) is 139 cm³/mol. The number of carbonyl (C=O) groups is 3. The zero-order chi connectivity index (χ0) is 25.2. The van der Waals surface area contributed by atoms with E-state index in [-0.39, 0.29) is 25.4 Å². The Morgan fingerprint density at radius 2 is 1.43 bits per heavy atom. The summed E-state index contributed by atoms with van der Waals surface area (Å²) in [6.45, 7) is 1.52. The standard InChI is InChI=1S/C26H24BrClN2O5/c1-17-15-20(9-14-23(17)27)30-25(32)16-34-26(33)4-2-3-24(31)29-19-7-12-22(13-8-19)35-21-10-5-18(28)6-11-21/h5-15H,2-4,16H2,1H3,(H,29,31)(H,30,32). The van der Waals surface area contributed by atoms with Crippen LogP contribution in [0.2, 0.25) is 5.02 Å². The van der Waals surface area contributed by atoms with Crippen molar-refractivity contribution < 1.29 is 23.9 Å². The Morgan fingerprint density at radius 1 is 0.829 bits per heavy atom. The number of halogens is 2. The minimum Gasteiger partial charge on any atom is -0.457 e. The Bertz CT molecular complexity index is 1180. The summed E-state index contributed by atoms with van der Waals surface area (Å²) in [5, 5.41) is 6.07. The summed E-state index contributed by atoms with van der Waals surface area (Å²) in [6.07, 6.45) is 0.477. The molecule has 0 aromatic heterocycles. The number of hydrogen-bond donors (Lipinski definition) is 2. The molecule has 0 aliphatic heterocycles. The van der Waals surface area contributed by atoms with E-state index in [2.05, 4.69) is 26.6 Å². The molecule has 0 aliphatic carbocycles. The molecule has 2 amide bonds. The van der Waals surface area contributed by atoms with Gasteiger partial charge in [-0.05, 0) is 85.6 Å². The molecule has 0 saturated carbocycles. The minimum absolute atomic E-state index is 0.0337. The largest absolute Gasteiger partial charge is 0.457 e. The van der Waals surface area contributed by atoms with Gasteiger partial charge in [0.25, 0.3) is 5.91 Å². The SMILES string of the molecule is Cc1cc(NC(=O)COC(=O)CCCC(=O)Nc2ccc(Oc3ccc(Cl)cc3)cc2)ccc1Br. The third kappa shape index (κ3) is 9.07. The van der Waals surface area contributed by atoms with Gasteiger partial charge in [0.05, 0.1) is 0 Å². The molecule has 35 heavy (non-hydrogen) atoms. The average Bonchev–Trinajstić information content (AvgIpc) is 2.83. The highest BCUT2D eigenvalue weighted by atomic mass is 79.9. The van der Waals surface area contributed by atoms with Crippen LogP contribution in [0.5, 0.6) is 11.5 Å². The fraction of sp³-hybridized carbons (Fsp3) is 0.192. The zero-order valence-corrected chi connectivity index (χ0v) is 21.3. The molecule has 2 N–H and O–H groups in total. The van der Waals surface area contributed by atoms with E-state index in [1.165, 1.54) is 0 Å². The van der Waals surface area contributed by atoms with Crippen molar-refractivity contribution in [1.29, 1.82) is 0 Å². The van der Waals surface area contributed by atoms with E-state index in [1.54, 1.807) is 54.6 Å². The number of ether oxygens (including phenoxy) is 2. The lowest BCUT2D eigenvalue weighted by Gasteiger charge is -2.09. The number of nitrogens with one attached hydrogen (secondary N) is 2. The first-order valence-corrected chi connectivity index (χ1v) is 12.0. The molecule has 0 radical (unpaired) electrons. The van der Waals surface area contributed by atoms with Crippen molar-refractivity contribution in [3.05, 3.63) is 81.8 Å². The Labute approximate surface area is 216 Å². The number of esters is 1. The molecule has 0 fully saturated rings. The first kappa shape index (κ1) is 26.2. The maximum absolute atomic E-state index is 12.1. The normalized spacial score (nSPS) is 10.4. The van der Waals surface area contributed by atoms with Crippen LogP contribution in [0.15, 0.2) is 71.2 Å². The van der Waals surface area contributed by atoms with Crippen LogP contribution in [0.1, 0.15) is 24.8 Å². The number of benzene rings is 3. The van der Waals surface area contributed by atoms with Crippen LogP contribution in [-0.4, -0.2) is 24.4 Å². The van der Waals surface area contributed by atoms with Gasteiger partial charge in [-0.1, -0.05) is 27.5 Å². The van der Waals surface area contributed by atoms with Crippen molar-refractivity contribution in [2.24, 2.45) is 0 Å². The second-order valence-corrected chi connectivity index (χ2v) is 8.95. The predicted octanol–water partition coefficient (Wildman–Crippen LogP) is 6.49. The molecule has 3 aromatic carbocycles. The van der Waals surface area contributed by atoms with Crippen molar-refractivity contribution in [2.45, 2.75) is 26.2 Å². The molecule has 182 valence electrons. The first-order valence-electron chi connectivity index (χ1n) is 10.8. The lowest BCUT2D eigenvalue weighted by molar-refractivity contribution is -0.147. The second-order valence-electron chi connectivity index (χ2n) is 7.65. The molecule has 0 spiro atoms. The van der Waals surface area contributed by atoms with Crippen molar-refractivity contribution in [3.8, 4) is 11.5 Å². The van der Waals surface area contributed by atoms with Crippen LogP contribution < -0.4 is 15.4 Å². The van der Waals surface area contributed by atoms with Crippen molar-refractivity contribution in [1.82, 2.24) is 0 Å². The van der Waals surface area contributed by atoms with E-state index in [1.807, 2.05) is 19.1 Å². The molecule has 3 rings (SSSR count). The lowest BCUT2D eigenvalue weighted by atomic mass is 10.2. The fourth-order valence-electron chi connectivity index (χ4n) is 3.00. The maximum Gasteiger partial charge on any atom is 0.306 e.